The van der Waals surface area contributed by atoms with E-state index in [2.05, 4.69) is 33.5 Å². The normalized spacial score (nSPS) is 16.8. The number of aromatic amines is 1. The zero-order valence-corrected chi connectivity index (χ0v) is 12.2. The van der Waals surface area contributed by atoms with E-state index in [4.69, 9.17) is 17.0 Å². The van der Waals surface area contributed by atoms with Crippen LogP contribution < -0.4 is 4.90 Å². The minimum absolute atomic E-state index is 0.433. The monoisotopic (exact) mass is 270 g/mol. The standard InChI is InChI=1S/C12H22N4OS/c1-4-9(2)15(7-8-17-3)11-13-14-12(18)16(11)10-5-6-10/h9-10H,4-8H2,1-3H3,(H,14,18). The van der Waals surface area contributed by atoms with E-state index in [1.807, 2.05) is 0 Å². The number of methoxy groups -OCH3 is 1. The van der Waals surface area contributed by atoms with Gasteiger partial charge in [0, 0.05) is 25.7 Å². The van der Waals surface area contributed by atoms with Crippen molar-refractivity contribution in [1.29, 1.82) is 0 Å². The van der Waals surface area contributed by atoms with Gasteiger partial charge in [-0.1, -0.05) is 6.92 Å². The lowest BCUT2D eigenvalue weighted by atomic mass is 10.2. The molecule has 1 N–H and O–H groups in total. The molecule has 0 amide bonds. The van der Waals surface area contributed by atoms with Crippen LogP contribution in [0.4, 0.5) is 5.95 Å². The smallest absolute Gasteiger partial charge is 0.226 e. The quantitative estimate of drug-likeness (QED) is 0.773. The van der Waals surface area contributed by atoms with Gasteiger partial charge < -0.3 is 9.64 Å². The molecule has 1 heterocycles. The lowest BCUT2D eigenvalue weighted by Crippen LogP contribution is -2.37. The van der Waals surface area contributed by atoms with Crippen LogP contribution in [0, 0.1) is 4.77 Å². The second-order valence-corrected chi connectivity index (χ2v) is 5.26. The van der Waals surface area contributed by atoms with Gasteiger partial charge in [0.1, 0.15) is 0 Å². The van der Waals surface area contributed by atoms with Crippen molar-refractivity contribution in [3.05, 3.63) is 4.77 Å². The summed E-state index contributed by atoms with van der Waals surface area (Å²) in [5, 5.41) is 7.34. The largest absolute Gasteiger partial charge is 0.383 e. The third-order valence-electron chi connectivity index (χ3n) is 3.51. The van der Waals surface area contributed by atoms with Crippen LogP contribution in [-0.4, -0.2) is 41.1 Å². The Kier molecular flexibility index (Phi) is 4.40. The van der Waals surface area contributed by atoms with Gasteiger partial charge >= 0.3 is 0 Å². The Morgan fingerprint density at radius 2 is 2.33 bits per heavy atom. The molecule has 5 nitrogen and oxygen atoms in total. The highest BCUT2D eigenvalue weighted by Crippen LogP contribution is 2.38. The minimum atomic E-state index is 0.433. The van der Waals surface area contributed by atoms with Crippen LogP contribution in [0.2, 0.25) is 0 Å². The van der Waals surface area contributed by atoms with Crippen LogP contribution in [0.3, 0.4) is 0 Å². The summed E-state index contributed by atoms with van der Waals surface area (Å²) in [6, 6.07) is 0.975. The number of nitrogens with one attached hydrogen (secondary N) is 1. The lowest BCUT2D eigenvalue weighted by molar-refractivity contribution is 0.202. The number of aromatic nitrogens is 3. The maximum absolute atomic E-state index is 5.33. The molecule has 0 aromatic carbocycles. The Bertz CT molecular complexity index is 438. The molecule has 6 heteroatoms. The molecule has 1 fully saturated rings. The van der Waals surface area contributed by atoms with Gasteiger partial charge in [0.05, 0.1) is 6.61 Å². The SMILES string of the molecule is CCC(C)N(CCOC)c1n[nH]c(=S)n1C1CC1. The van der Waals surface area contributed by atoms with Gasteiger partial charge in [0.15, 0.2) is 4.77 Å². The molecule has 102 valence electrons. The van der Waals surface area contributed by atoms with Gasteiger partial charge in [-0.15, -0.1) is 5.10 Å². The Morgan fingerprint density at radius 3 is 2.89 bits per heavy atom. The number of hydrogen-bond donors (Lipinski definition) is 1. The van der Waals surface area contributed by atoms with Crippen molar-refractivity contribution in [1.82, 2.24) is 14.8 Å². The van der Waals surface area contributed by atoms with E-state index in [0.717, 1.165) is 23.7 Å². The second-order valence-electron chi connectivity index (χ2n) is 4.87. The predicted molar refractivity (Wildman–Crippen MR) is 74.7 cm³/mol. The first-order valence-corrected chi connectivity index (χ1v) is 7.02. The number of hydrogen-bond acceptors (Lipinski definition) is 4. The zero-order valence-electron chi connectivity index (χ0n) is 11.3. The summed E-state index contributed by atoms with van der Waals surface area (Å²) in [5.74, 6) is 0.967. The van der Waals surface area contributed by atoms with Crippen molar-refractivity contribution < 1.29 is 4.74 Å². The summed E-state index contributed by atoms with van der Waals surface area (Å²) in [4.78, 5) is 2.29. The van der Waals surface area contributed by atoms with Crippen LogP contribution in [0.5, 0.6) is 0 Å². The second kappa shape index (κ2) is 5.84. The third-order valence-corrected chi connectivity index (χ3v) is 3.80. The van der Waals surface area contributed by atoms with Gasteiger partial charge in [0.25, 0.3) is 0 Å². The molecule has 0 radical (unpaired) electrons. The first kappa shape index (κ1) is 13.5. The maximum Gasteiger partial charge on any atom is 0.226 e. The summed E-state index contributed by atoms with van der Waals surface area (Å²) in [5.41, 5.74) is 0. The lowest BCUT2D eigenvalue weighted by Gasteiger charge is -2.29. The molecule has 1 saturated carbocycles. The minimum Gasteiger partial charge on any atom is -0.383 e. The highest BCUT2D eigenvalue weighted by molar-refractivity contribution is 7.71. The summed E-state index contributed by atoms with van der Waals surface area (Å²) in [6.07, 6.45) is 3.49. The fraction of sp³-hybridized carbons (Fsp3) is 0.833. The molecular formula is C12H22N4OS. The number of nitrogens with zero attached hydrogens (tertiary/aromatic N) is 3. The van der Waals surface area contributed by atoms with E-state index >= 15 is 0 Å². The summed E-state index contributed by atoms with van der Waals surface area (Å²) in [6.45, 7) is 5.95. The van der Waals surface area contributed by atoms with Crippen LogP contribution in [0.1, 0.15) is 39.2 Å². The first-order chi connectivity index (χ1) is 8.69. The molecule has 1 atom stereocenters. The summed E-state index contributed by atoms with van der Waals surface area (Å²) in [7, 11) is 1.73. The highest BCUT2D eigenvalue weighted by atomic mass is 32.1. The molecule has 1 aliphatic rings. The van der Waals surface area contributed by atoms with Crippen molar-refractivity contribution in [3.63, 3.8) is 0 Å². The number of ether oxygens (including phenoxy) is 1. The number of anilines is 1. The molecule has 1 aromatic rings. The van der Waals surface area contributed by atoms with Gasteiger partial charge in [-0.3, -0.25) is 4.57 Å². The number of H-pyrrole nitrogens is 1. The molecule has 1 aliphatic carbocycles. The average Bonchev–Trinajstić information content (AvgIpc) is 3.14. The number of rotatable bonds is 7. The average molecular weight is 270 g/mol. The van der Waals surface area contributed by atoms with E-state index < -0.39 is 0 Å². The van der Waals surface area contributed by atoms with Crippen LogP contribution >= 0.6 is 12.2 Å². The molecule has 0 spiro atoms. The molecule has 18 heavy (non-hydrogen) atoms. The van der Waals surface area contributed by atoms with Gasteiger partial charge in [-0.2, -0.15) is 0 Å². The van der Waals surface area contributed by atoms with Crippen molar-refractivity contribution in [2.24, 2.45) is 0 Å². The Morgan fingerprint density at radius 1 is 1.61 bits per heavy atom. The molecular weight excluding hydrogens is 248 g/mol. The third kappa shape index (κ3) is 2.75. The molecule has 1 aromatic heterocycles. The van der Waals surface area contributed by atoms with Crippen LogP contribution in [0.15, 0.2) is 0 Å². The highest BCUT2D eigenvalue weighted by Gasteiger charge is 2.30. The van der Waals surface area contributed by atoms with E-state index in [-0.39, 0.29) is 0 Å². The maximum atomic E-state index is 5.33. The first-order valence-electron chi connectivity index (χ1n) is 6.61. The topological polar surface area (TPSA) is 46.1 Å². The van der Waals surface area contributed by atoms with Crippen molar-refractivity contribution >= 4 is 18.2 Å². The van der Waals surface area contributed by atoms with Gasteiger partial charge in [0.2, 0.25) is 5.95 Å². The van der Waals surface area contributed by atoms with Crippen molar-refractivity contribution in [2.75, 3.05) is 25.2 Å². The zero-order chi connectivity index (χ0) is 13.1. The molecule has 1 unspecified atom stereocenters. The Labute approximate surface area is 113 Å². The summed E-state index contributed by atoms with van der Waals surface area (Å²) < 4.78 is 8.09. The molecule has 0 aliphatic heterocycles. The van der Waals surface area contributed by atoms with Crippen molar-refractivity contribution in [3.8, 4) is 0 Å². The van der Waals surface area contributed by atoms with Gasteiger partial charge in [-0.25, -0.2) is 5.10 Å². The predicted octanol–water partition coefficient (Wildman–Crippen LogP) is 2.53. The summed E-state index contributed by atoms with van der Waals surface area (Å²) >= 11 is 5.33. The van der Waals surface area contributed by atoms with E-state index in [1.165, 1.54) is 12.8 Å². The molecule has 0 bridgehead atoms. The van der Waals surface area contributed by atoms with Gasteiger partial charge in [-0.05, 0) is 38.4 Å². The fourth-order valence-corrected chi connectivity index (χ4v) is 2.36. The molecule has 0 saturated heterocycles. The Hall–Kier alpha value is -0.880. The fourth-order valence-electron chi connectivity index (χ4n) is 2.09. The van der Waals surface area contributed by atoms with E-state index in [9.17, 15) is 0 Å². The van der Waals surface area contributed by atoms with E-state index in [0.29, 0.717) is 18.7 Å². The van der Waals surface area contributed by atoms with Crippen LogP contribution in [-0.2, 0) is 4.74 Å². The van der Waals surface area contributed by atoms with E-state index in [1.54, 1.807) is 7.11 Å². The van der Waals surface area contributed by atoms with Crippen LogP contribution in [0.25, 0.3) is 0 Å². The van der Waals surface area contributed by atoms with Crippen molar-refractivity contribution in [2.45, 2.75) is 45.2 Å². The molecule has 2 rings (SSSR count). The Balaban J connectivity index is 2.26.